The van der Waals surface area contributed by atoms with Gasteiger partial charge < -0.3 is 14.8 Å². The van der Waals surface area contributed by atoms with Crippen LogP contribution >= 0.6 is 0 Å². The van der Waals surface area contributed by atoms with Gasteiger partial charge in [-0.05, 0) is 13.8 Å². The first-order valence-corrected chi connectivity index (χ1v) is 6.03. The molecule has 6 heteroatoms. The molecular formula is C13H20N2O4. The van der Waals surface area contributed by atoms with E-state index in [4.69, 9.17) is 9.47 Å². The lowest BCUT2D eigenvalue weighted by Crippen LogP contribution is -2.25. The van der Waals surface area contributed by atoms with Crippen LogP contribution in [0.2, 0.25) is 0 Å². The summed E-state index contributed by atoms with van der Waals surface area (Å²) in [5.41, 5.74) is 0.384. The van der Waals surface area contributed by atoms with Crippen molar-refractivity contribution in [3.8, 4) is 5.75 Å². The number of rotatable bonds is 7. The fraction of sp³-hybridized carbons (Fsp3) is 0.538. The molecule has 0 aliphatic carbocycles. The average Bonchev–Trinajstić information content (AvgIpc) is 2.38. The summed E-state index contributed by atoms with van der Waals surface area (Å²) in [7, 11) is 3.35. The Morgan fingerprint density at radius 1 is 1.37 bits per heavy atom. The molecule has 0 unspecified atom stereocenters. The molecule has 0 heterocycles. The Labute approximate surface area is 112 Å². The Morgan fingerprint density at radius 2 is 2.05 bits per heavy atom. The number of hydrogen-bond donors (Lipinski definition) is 1. The number of hydrogen-bond acceptors (Lipinski definition) is 5. The van der Waals surface area contributed by atoms with Crippen LogP contribution in [0.1, 0.15) is 20.3 Å². The van der Waals surface area contributed by atoms with E-state index in [9.17, 15) is 10.1 Å². The van der Waals surface area contributed by atoms with Gasteiger partial charge in [-0.3, -0.25) is 10.1 Å². The first kappa shape index (κ1) is 15.2. The summed E-state index contributed by atoms with van der Waals surface area (Å²) in [6.45, 7) is 4.36. The molecule has 19 heavy (non-hydrogen) atoms. The molecule has 1 aromatic rings. The number of non-ortho nitro benzene ring substituents is 1. The van der Waals surface area contributed by atoms with E-state index in [0.29, 0.717) is 24.5 Å². The van der Waals surface area contributed by atoms with Gasteiger partial charge in [-0.15, -0.1) is 0 Å². The maximum Gasteiger partial charge on any atom is 0.275 e. The monoisotopic (exact) mass is 268 g/mol. The van der Waals surface area contributed by atoms with E-state index < -0.39 is 4.92 Å². The highest BCUT2D eigenvalue weighted by molar-refractivity contribution is 5.55. The zero-order chi connectivity index (χ0) is 14.5. The summed E-state index contributed by atoms with van der Waals surface area (Å²) in [5.74, 6) is 0.477. The molecule has 1 N–H and O–H groups in total. The summed E-state index contributed by atoms with van der Waals surface area (Å²) in [4.78, 5) is 10.4. The second kappa shape index (κ2) is 6.38. The standard InChI is InChI=1S/C13H20N2O4/c1-13(2,18-4)5-6-19-12-8-10(14-3)7-11(9-12)15(16)17/h7-9,14H,5-6H2,1-4H3. The van der Waals surface area contributed by atoms with E-state index in [0.717, 1.165) is 0 Å². The number of nitro benzene ring substituents is 1. The second-order valence-electron chi connectivity index (χ2n) is 4.78. The average molecular weight is 268 g/mol. The number of methoxy groups -OCH3 is 1. The second-order valence-corrected chi connectivity index (χ2v) is 4.78. The van der Waals surface area contributed by atoms with E-state index in [1.165, 1.54) is 12.1 Å². The van der Waals surface area contributed by atoms with E-state index in [1.54, 1.807) is 20.2 Å². The highest BCUT2D eigenvalue weighted by atomic mass is 16.6. The minimum atomic E-state index is -0.438. The van der Waals surface area contributed by atoms with E-state index in [1.807, 2.05) is 13.8 Å². The number of nitrogens with zero attached hydrogens (tertiary/aromatic N) is 1. The van der Waals surface area contributed by atoms with E-state index >= 15 is 0 Å². The lowest BCUT2D eigenvalue weighted by molar-refractivity contribution is -0.384. The molecular weight excluding hydrogens is 248 g/mol. The molecule has 0 aliphatic rings. The van der Waals surface area contributed by atoms with Gasteiger partial charge in [-0.2, -0.15) is 0 Å². The molecule has 0 radical (unpaired) electrons. The first-order valence-electron chi connectivity index (χ1n) is 6.03. The normalized spacial score (nSPS) is 11.2. The molecule has 0 bridgehead atoms. The Bertz CT molecular complexity index is 446. The zero-order valence-corrected chi connectivity index (χ0v) is 11.7. The third-order valence-corrected chi connectivity index (χ3v) is 2.92. The molecule has 0 amide bonds. The van der Waals surface area contributed by atoms with Crippen molar-refractivity contribution in [1.82, 2.24) is 0 Å². The van der Waals surface area contributed by atoms with Crippen LogP contribution < -0.4 is 10.1 Å². The van der Waals surface area contributed by atoms with Crippen molar-refractivity contribution in [1.29, 1.82) is 0 Å². The van der Waals surface area contributed by atoms with E-state index in [2.05, 4.69) is 5.32 Å². The van der Waals surface area contributed by atoms with Crippen LogP contribution in [0.3, 0.4) is 0 Å². The largest absolute Gasteiger partial charge is 0.493 e. The predicted molar refractivity (Wildman–Crippen MR) is 73.8 cm³/mol. The maximum atomic E-state index is 10.8. The molecule has 0 aromatic heterocycles. The quantitative estimate of drug-likeness (QED) is 0.608. The Kier molecular flexibility index (Phi) is 5.11. The van der Waals surface area contributed by atoms with Crippen molar-refractivity contribution in [3.05, 3.63) is 28.3 Å². The van der Waals surface area contributed by atoms with Crippen LogP contribution in [0.5, 0.6) is 5.75 Å². The van der Waals surface area contributed by atoms with Crippen LogP contribution in [-0.2, 0) is 4.74 Å². The van der Waals surface area contributed by atoms with Gasteiger partial charge in [-0.25, -0.2) is 0 Å². The fourth-order valence-corrected chi connectivity index (χ4v) is 1.43. The SMILES string of the molecule is CNc1cc(OCCC(C)(C)OC)cc([N+](=O)[O-])c1. The Hall–Kier alpha value is -1.82. The number of benzene rings is 1. The molecule has 0 aliphatic heterocycles. The van der Waals surface area contributed by atoms with Gasteiger partial charge in [0.05, 0.1) is 23.2 Å². The van der Waals surface area contributed by atoms with E-state index in [-0.39, 0.29) is 11.3 Å². The van der Waals surface area contributed by atoms with Crippen LogP contribution in [-0.4, -0.2) is 31.3 Å². The van der Waals surface area contributed by atoms with Crippen molar-refractivity contribution in [2.24, 2.45) is 0 Å². The van der Waals surface area contributed by atoms with Crippen LogP contribution in [0, 0.1) is 10.1 Å². The topological polar surface area (TPSA) is 73.6 Å². The van der Waals surface area contributed by atoms with Crippen LogP contribution in [0.25, 0.3) is 0 Å². The highest BCUT2D eigenvalue weighted by Crippen LogP contribution is 2.26. The summed E-state index contributed by atoms with van der Waals surface area (Å²) in [6.07, 6.45) is 0.696. The van der Waals surface area contributed by atoms with Gasteiger partial charge in [0.2, 0.25) is 0 Å². The first-order chi connectivity index (χ1) is 8.88. The minimum Gasteiger partial charge on any atom is -0.493 e. The fourth-order valence-electron chi connectivity index (χ4n) is 1.43. The van der Waals surface area contributed by atoms with Crippen molar-refractivity contribution >= 4 is 11.4 Å². The molecule has 1 rings (SSSR count). The highest BCUT2D eigenvalue weighted by Gasteiger charge is 2.16. The van der Waals surface area contributed by atoms with Gasteiger partial charge in [-0.1, -0.05) is 0 Å². The minimum absolute atomic E-state index is 0.00727. The molecule has 0 saturated carbocycles. The third kappa shape index (κ3) is 4.75. The zero-order valence-electron chi connectivity index (χ0n) is 11.7. The molecule has 6 nitrogen and oxygen atoms in total. The van der Waals surface area contributed by atoms with Crippen molar-refractivity contribution in [2.45, 2.75) is 25.9 Å². The van der Waals surface area contributed by atoms with Crippen molar-refractivity contribution in [2.75, 3.05) is 26.1 Å². The number of anilines is 1. The van der Waals surface area contributed by atoms with Crippen LogP contribution in [0.4, 0.5) is 11.4 Å². The smallest absolute Gasteiger partial charge is 0.275 e. The summed E-state index contributed by atoms with van der Waals surface area (Å²) in [5, 5.41) is 13.7. The van der Waals surface area contributed by atoms with Gasteiger partial charge >= 0.3 is 0 Å². The van der Waals surface area contributed by atoms with Gasteiger partial charge in [0, 0.05) is 38.4 Å². The molecule has 106 valence electrons. The Balaban J connectivity index is 2.72. The maximum absolute atomic E-state index is 10.8. The number of nitrogens with one attached hydrogen (secondary N) is 1. The van der Waals surface area contributed by atoms with Gasteiger partial charge in [0.1, 0.15) is 5.75 Å². The van der Waals surface area contributed by atoms with Gasteiger partial charge in [0.15, 0.2) is 0 Å². The van der Waals surface area contributed by atoms with Gasteiger partial charge in [0.25, 0.3) is 5.69 Å². The number of ether oxygens (including phenoxy) is 2. The summed E-state index contributed by atoms with van der Waals surface area (Å²) < 4.78 is 10.8. The molecule has 0 spiro atoms. The number of nitro groups is 1. The van der Waals surface area contributed by atoms with Crippen LogP contribution in [0.15, 0.2) is 18.2 Å². The molecule has 0 atom stereocenters. The molecule has 0 fully saturated rings. The molecule has 1 aromatic carbocycles. The predicted octanol–water partition coefficient (Wildman–Crippen LogP) is 2.83. The Morgan fingerprint density at radius 3 is 2.58 bits per heavy atom. The lowest BCUT2D eigenvalue weighted by Gasteiger charge is -2.22. The summed E-state index contributed by atoms with van der Waals surface area (Å²) in [6, 6.07) is 4.61. The van der Waals surface area contributed by atoms with Crippen molar-refractivity contribution < 1.29 is 14.4 Å². The molecule has 0 saturated heterocycles. The van der Waals surface area contributed by atoms with Crippen molar-refractivity contribution in [3.63, 3.8) is 0 Å². The summed E-state index contributed by atoms with van der Waals surface area (Å²) >= 11 is 0. The third-order valence-electron chi connectivity index (χ3n) is 2.92. The lowest BCUT2D eigenvalue weighted by atomic mass is 10.1.